The smallest absolute Gasteiger partial charge is 0.323 e. The number of rotatable bonds is 11. The van der Waals surface area contributed by atoms with Crippen LogP contribution in [-0.2, 0) is 10.2 Å². The number of fused-ring (bicyclic) bond motifs is 1. The number of morpholine rings is 1. The highest BCUT2D eigenvalue weighted by molar-refractivity contribution is 6.08. The lowest BCUT2D eigenvalue weighted by atomic mass is 9.86. The lowest BCUT2D eigenvalue weighted by molar-refractivity contribution is 0.0322. The molecule has 12 nitrogen and oxygen atoms in total. The van der Waals surface area contributed by atoms with E-state index < -0.39 is 6.03 Å². The van der Waals surface area contributed by atoms with Crippen molar-refractivity contribution in [3.8, 4) is 29.1 Å². The van der Waals surface area contributed by atoms with Crippen molar-refractivity contribution in [2.45, 2.75) is 26.2 Å². The third-order valence-corrected chi connectivity index (χ3v) is 8.67. The summed E-state index contributed by atoms with van der Waals surface area (Å²) in [6.07, 6.45) is 1.64. The van der Waals surface area contributed by atoms with Gasteiger partial charge in [0.05, 0.1) is 42.9 Å². The Hall–Kier alpha value is -6.03. The fraction of sp³-hybridized carbons (Fsp3) is 0.275. The summed E-state index contributed by atoms with van der Waals surface area (Å²) in [6, 6.07) is 25.7. The number of nitrogens with zero attached hydrogens (tertiary/aromatic N) is 3. The molecule has 1 fully saturated rings. The molecular formula is C40H43N7O5. The van der Waals surface area contributed by atoms with Crippen LogP contribution in [0.2, 0.25) is 0 Å². The first-order valence-corrected chi connectivity index (χ1v) is 17.1. The van der Waals surface area contributed by atoms with E-state index in [0.29, 0.717) is 63.7 Å². The molecule has 0 unspecified atom stereocenters. The molecule has 0 aliphatic carbocycles. The standard InChI is InChI=1S/C40H43N7O5/c1-40(2,3)27-22-32(42)38(49-4)34(23-27)46-39(48)45-33-10-12-36(31-8-6-5-7-30(31)33)52-29-13-14-43-37(24-29)44-28-9-11-35(26(21-28)25-41)51-20-17-47-15-18-50-19-16-47/h5-14,21-24H,15-20,42H2,1-4H3,(H,43,44)(H2,45,46,48). The van der Waals surface area contributed by atoms with Crippen LogP contribution in [0.5, 0.6) is 23.0 Å². The minimum Gasteiger partial charge on any atom is -0.492 e. The molecule has 0 spiro atoms. The van der Waals surface area contributed by atoms with Crippen LogP contribution >= 0.6 is 0 Å². The van der Waals surface area contributed by atoms with Crippen molar-refractivity contribution < 1.29 is 23.7 Å². The summed E-state index contributed by atoms with van der Waals surface area (Å²) in [6.45, 7) is 10.7. The Balaban J connectivity index is 1.14. The van der Waals surface area contributed by atoms with Crippen LogP contribution in [-0.4, -0.2) is 62.5 Å². The van der Waals surface area contributed by atoms with Crippen LogP contribution in [0.25, 0.3) is 10.8 Å². The molecule has 6 rings (SSSR count). The van der Waals surface area contributed by atoms with E-state index in [1.807, 2.05) is 42.5 Å². The van der Waals surface area contributed by atoms with Gasteiger partial charge in [-0.2, -0.15) is 5.26 Å². The molecule has 5 aromatic rings. The number of anilines is 5. The summed E-state index contributed by atoms with van der Waals surface area (Å²) in [5, 5.41) is 20.5. The second-order valence-corrected chi connectivity index (χ2v) is 13.4. The highest BCUT2D eigenvalue weighted by atomic mass is 16.5. The van der Waals surface area contributed by atoms with E-state index in [0.717, 1.165) is 49.2 Å². The highest BCUT2D eigenvalue weighted by Gasteiger charge is 2.20. The molecule has 2 heterocycles. The maximum atomic E-state index is 13.3. The molecule has 1 aliphatic rings. The van der Waals surface area contributed by atoms with Gasteiger partial charge in [-0.15, -0.1) is 0 Å². The van der Waals surface area contributed by atoms with Gasteiger partial charge in [0.15, 0.2) is 5.75 Å². The first-order chi connectivity index (χ1) is 25.1. The van der Waals surface area contributed by atoms with Crippen molar-refractivity contribution in [3.05, 3.63) is 96.2 Å². The molecular weight excluding hydrogens is 658 g/mol. The van der Waals surface area contributed by atoms with Gasteiger partial charge < -0.3 is 40.6 Å². The summed E-state index contributed by atoms with van der Waals surface area (Å²) >= 11 is 0. The lowest BCUT2D eigenvalue weighted by Crippen LogP contribution is -2.38. The van der Waals surface area contributed by atoms with Crippen molar-refractivity contribution in [2.75, 3.05) is 68.2 Å². The number of nitrogens with one attached hydrogen (secondary N) is 3. The minimum atomic E-state index is -0.445. The van der Waals surface area contributed by atoms with E-state index in [1.165, 1.54) is 7.11 Å². The number of benzene rings is 4. The highest BCUT2D eigenvalue weighted by Crippen LogP contribution is 2.38. The number of hydrogen-bond acceptors (Lipinski definition) is 10. The van der Waals surface area contributed by atoms with Gasteiger partial charge in [0.1, 0.15) is 35.7 Å². The molecule has 0 radical (unpaired) electrons. The van der Waals surface area contributed by atoms with Crippen LogP contribution < -0.4 is 35.9 Å². The number of ether oxygens (including phenoxy) is 4. The molecule has 52 heavy (non-hydrogen) atoms. The molecule has 0 atom stereocenters. The quantitative estimate of drug-likeness (QED) is 0.0999. The van der Waals surface area contributed by atoms with Crippen LogP contribution in [0.15, 0.2) is 85.1 Å². The van der Waals surface area contributed by atoms with Gasteiger partial charge in [-0.05, 0) is 59.5 Å². The molecule has 0 saturated carbocycles. The van der Waals surface area contributed by atoms with E-state index in [1.54, 1.807) is 42.6 Å². The first kappa shape index (κ1) is 35.8. The summed E-state index contributed by atoms with van der Waals surface area (Å²) in [4.78, 5) is 20.0. The molecule has 268 valence electrons. The molecule has 1 aliphatic heterocycles. The van der Waals surface area contributed by atoms with Gasteiger partial charge in [-0.25, -0.2) is 9.78 Å². The molecule has 0 bridgehead atoms. The number of methoxy groups -OCH3 is 1. The number of carbonyl (C=O) groups excluding carboxylic acids is 1. The van der Waals surface area contributed by atoms with Gasteiger partial charge in [0, 0.05) is 48.4 Å². The molecule has 2 amide bonds. The number of pyridine rings is 1. The van der Waals surface area contributed by atoms with Crippen molar-refractivity contribution in [2.24, 2.45) is 0 Å². The fourth-order valence-electron chi connectivity index (χ4n) is 5.90. The van der Waals surface area contributed by atoms with E-state index in [4.69, 9.17) is 24.7 Å². The van der Waals surface area contributed by atoms with Crippen molar-refractivity contribution >= 4 is 45.4 Å². The molecule has 5 N–H and O–H groups in total. The van der Waals surface area contributed by atoms with Crippen molar-refractivity contribution in [3.63, 3.8) is 0 Å². The van der Waals surface area contributed by atoms with Gasteiger partial charge >= 0.3 is 6.03 Å². The summed E-state index contributed by atoms with van der Waals surface area (Å²) in [7, 11) is 1.52. The number of amides is 2. The zero-order valence-corrected chi connectivity index (χ0v) is 29.8. The Morgan fingerprint density at radius 3 is 2.46 bits per heavy atom. The number of nitriles is 1. The zero-order valence-electron chi connectivity index (χ0n) is 29.8. The SMILES string of the molecule is COc1c(N)cc(C(C)(C)C)cc1NC(=O)Nc1ccc(Oc2ccnc(Nc3ccc(OCCN4CCOCC4)c(C#N)c3)c2)c2ccccc12. The van der Waals surface area contributed by atoms with Crippen molar-refractivity contribution in [1.29, 1.82) is 5.26 Å². The molecule has 1 aromatic heterocycles. The number of aromatic nitrogens is 1. The second-order valence-electron chi connectivity index (χ2n) is 13.4. The monoisotopic (exact) mass is 701 g/mol. The topological polar surface area (TPSA) is 156 Å². The van der Waals surface area contributed by atoms with E-state index in [9.17, 15) is 10.1 Å². The Kier molecular flexibility index (Phi) is 10.9. The average molecular weight is 702 g/mol. The number of urea groups is 1. The summed E-state index contributed by atoms with van der Waals surface area (Å²) in [5.74, 6) is 2.61. The number of hydrogen-bond donors (Lipinski definition) is 4. The van der Waals surface area contributed by atoms with Gasteiger partial charge in [0.2, 0.25) is 0 Å². The predicted molar refractivity (Wildman–Crippen MR) is 204 cm³/mol. The Bertz CT molecular complexity index is 2100. The average Bonchev–Trinajstić information content (AvgIpc) is 3.13. The van der Waals surface area contributed by atoms with E-state index >= 15 is 0 Å². The van der Waals surface area contributed by atoms with Gasteiger partial charge in [-0.3, -0.25) is 4.90 Å². The number of nitrogen functional groups attached to an aromatic ring is 1. The van der Waals surface area contributed by atoms with Crippen LogP contribution in [0.1, 0.15) is 31.9 Å². The Morgan fingerprint density at radius 2 is 1.71 bits per heavy atom. The second kappa shape index (κ2) is 15.9. The van der Waals surface area contributed by atoms with E-state index in [-0.39, 0.29) is 5.41 Å². The first-order valence-electron chi connectivity index (χ1n) is 17.1. The third-order valence-electron chi connectivity index (χ3n) is 8.67. The number of nitrogens with two attached hydrogens (primary N) is 1. The maximum absolute atomic E-state index is 13.3. The van der Waals surface area contributed by atoms with E-state index in [2.05, 4.69) is 52.7 Å². The summed E-state index contributed by atoms with van der Waals surface area (Å²) in [5.41, 5.74) is 9.68. The van der Waals surface area contributed by atoms with Gasteiger partial charge in [0.25, 0.3) is 0 Å². The van der Waals surface area contributed by atoms with Crippen LogP contribution in [0, 0.1) is 11.3 Å². The van der Waals surface area contributed by atoms with Crippen LogP contribution in [0.4, 0.5) is 33.4 Å². The van der Waals surface area contributed by atoms with Crippen LogP contribution in [0.3, 0.4) is 0 Å². The Morgan fingerprint density at radius 1 is 0.962 bits per heavy atom. The predicted octanol–water partition coefficient (Wildman–Crippen LogP) is 7.89. The molecule has 4 aromatic carbocycles. The maximum Gasteiger partial charge on any atom is 0.323 e. The third kappa shape index (κ3) is 8.63. The summed E-state index contributed by atoms with van der Waals surface area (Å²) < 4.78 is 23.2. The zero-order chi connectivity index (χ0) is 36.7. The minimum absolute atomic E-state index is 0.184. The molecule has 1 saturated heterocycles. The van der Waals surface area contributed by atoms with Crippen molar-refractivity contribution in [1.82, 2.24) is 9.88 Å². The number of carbonyl (C=O) groups is 1. The normalized spacial score (nSPS) is 13.2. The van der Waals surface area contributed by atoms with Gasteiger partial charge in [-0.1, -0.05) is 45.0 Å². The largest absolute Gasteiger partial charge is 0.492 e. The lowest BCUT2D eigenvalue weighted by Gasteiger charge is -2.26. The fourth-order valence-corrected chi connectivity index (χ4v) is 5.90. The Labute approximate surface area is 303 Å². The molecule has 12 heteroatoms.